The summed E-state index contributed by atoms with van der Waals surface area (Å²) in [5, 5.41) is 10.6. The highest BCUT2D eigenvalue weighted by Gasteiger charge is 2.25. The molecule has 1 aromatic heterocycles. The van der Waals surface area contributed by atoms with Crippen LogP contribution in [0.5, 0.6) is 11.6 Å². The fraction of sp³-hybridized carbons (Fsp3) is 0.353. The summed E-state index contributed by atoms with van der Waals surface area (Å²) in [5.41, 5.74) is 0.734. The predicted molar refractivity (Wildman–Crippen MR) is 89.3 cm³/mol. The van der Waals surface area contributed by atoms with Crippen molar-refractivity contribution in [1.29, 1.82) is 0 Å². The topological polar surface area (TPSA) is 76.6 Å². The Hall–Kier alpha value is -2.83. The molecule has 1 saturated heterocycles. The second kappa shape index (κ2) is 7.63. The van der Waals surface area contributed by atoms with Crippen molar-refractivity contribution in [3.8, 4) is 11.6 Å². The van der Waals surface area contributed by atoms with Crippen LogP contribution in [0, 0.1) is 0 Å². The maximum absolute atomic E-state index is 12.4. The van der Waals surface area contributed by atoms with Crippen molar-refractivity contribution in [2.45, 2.75) is 18.9 Å². The number of urea groups is 1. The molecule has 0 saturated carbocycles. The lowest BCUT2D eigenvalue weighted by molar-refractivity contribution is 0.102. The maximum atomic E-state index is 12.4. The average molecular weight is 328 g/mol. The number of carbonyl (C=O) groups excluding carboxylic acids is 1. The number of likely N-dealkylation sites (tertiary alicyclic amines) is 1. The van der Waals surface area contributed by atoms with Crippen LogP contribution in [-0.4, -0.2) is 47.4 Å². The molecule has 0 aliphatic carbocycles. The molecule has 24 heavy (non-hydrogen) atoms. The van der Waals surface area contributed by atoms with E-state index in [-0.39, 0.29) is 12.1 Å². The highest BCUT2D eigenvalue weighted by atomic mass is 16.5. The molecule has 3 rings (SSSR count). The fourth-order valence-electron chi connectivity index (χ4n) is 2.62. The first-order chi connectivity index (χ1) is 11.7. The third kappa shape index (κ3) is 4.13. The lowest BCUT2D eigenvalue weighted by Crippen LogP contribution is -2.46. The number of nitrogens with zero attached hydrogens (tertiary/aromatic N) is 3. The van der Waals surface area contributed by atoms with E-state index in [1.54, 1.807) is 30.3 Å². The molecule has 2 amide bonds. The van der Waals surface area contributed by atoms with Crippen molar-refractivity contribution in [1.82, 2.24) is 15.1 Å². The van der Waals surface area contributed by atoms with Crippen LogP contribution >= 0.6 is 0 Å². The minimum Gasteiger partial charge on any atom is -0.497 e. The van der Waals surface area contributed by atoms with Crippen LogP contribution in [0.2, 0.25) is 0 Å². The number of carbonyl (C=O) groups is 1. The minimum absolute atomic E-state index is 0.0722. The summed E-state index contributed by atoms with van der Waals surface area (Å²) in [5.74, 6) is 1.24. The lowest BCUT2D eigenvalue weighted by atomic mass is 10.1. The van der Waals surface area contributed by atoms with Crippen LogP contribution in [0.3, 0.4) is 0 Å². The van der Waals surface area contributed by atoms with E-state index < -0.39 is 0 Å². The van der Waals surface area contributed by atoms with Crippen molar-refractivity contribution in [2.75, 3.05) is 25.5 Å². The van der Waals surface area contributed by atoms with Gasteiger partial charge in [-0.1, -0.05) is 0 Å². The number of nitrogens with one attached hydrogen (secondary N) is 1. The van der Waals surface area contributed by atoms with Gasteiger partial charge in [0.1, 0.15) is 11.9 Å². The summed E-state index contributed by atoms with van der Waals surface area (Å²) in [4.78, 5) is 14.2. The zero-order valence-corrected chi connectivity index (χ0v) is 13.5. The van der Waals surface area contributed by atoms with Gasteiger partial charge < -0.3 is 19.7 Å². The van der Waals surface area contributed by atoms with Crippen molar-refractivity contribution in [2.24, 2.45) is 0 Å². The number of methoxy groups -OCH3 is 1. The standard InChI is InChI=1S/C17H20N4O3/c1-23-14-8-6-13(7-9-14)19-17(22)21-11-3-4-15(12-21)24-16-5-2-10-18-20-16/h2,5-10,15H,3-4,11-12H2,1H3,(H,19,22). The monoisotopic (exact) mass is 328 g/mol. The fourth-order valence-corrected chi connectivity index (χ4v) is 2.62. The van der Waals surface area contributed by atoms with Crippen molar-refractivity contribution < 1.29 is 14.3 Å². The largest absolute Gasteiger partial charge is 0.497 e. The Kier molecular flexibility index (Phi) is 5.10. The van der Waals surface area contributed by atoms with Gasteiger partial charge in [-0.25, -0.2) is 4.79 Å². The van der Waals surface area contributed by atoms with Gasteiger partial charge in [0.25, 0.3) is 0 Å². The Morgan fingerprint density at radius 1 is 1.29 bits per heavy atom. The SMILES string of the molecule is COc1ccc(NC(=O)N2CCCC(Oc3cccnn3)C2)cc1. The molecule has 1 atom stereocenters. The molecule has 2 aromatic rings. The highest BCUT2D eigenvalue weighted by molar-refractivity contribution is 5.89. The molecule has 0 spiro atoms. The van der Waals surface area contributed by atoms with Crippen LogP contribution in [0.4, 0.5) is 10.5 Å². The molecule has 0 radical (unpaired) electrons. The molecule has 1 unspecified atom stereocenters. The molecule has 1 aliphatic heterocycles. The Morgan fingerprint density at radius 3 is 2.83 bits per heavy atom. The maximum Gasteiger partial charge on any atom is 0.321 e. The number of ether oxygens (including phenoxy) is 2. The first kappa shape index (κ1) is 16.0. The molecule has 1 aliphatic rings. The Balaban J connectivity index is 1.56. The van der Waals surface area contributed by atoms with Crippen molar-refractivity contribution >= 4 is 11.7 Å². The number of benzene rings is 1. The number of piperidine rings is 1. The number of rotatable bonds is 4. The lowest BCUT2D eigenvalue weighted by Gasteiger charge is -2.32. The zero-order valence-electron chi connectivity index (χ0n) is 13.5. The van der Waals surface area contributed by atoms with E-state index in [1.165, 1.54) is 0 Å². The van der Waals surface area contributed by atoms with Gasteiger partial charge >= 0.3 is 6.03 Å². The Bertz CT molecular complexity index is 663. The molecular formula is C17H20N4O3. The van der Waals surface area contributed by atoms with E-state index in [0.29, 0.717) is 19.0 Å². The van der Waals surface area contributed by atoms with Crippen LogP contribution in [0.1, 0.15) is 12.8 Å². The summed E-state index contributed by atoms with van der Waals surface area (Å²) >= 11 is 0. The molecule has 1 fully saturated rings. The van der Waals surface area contributed by atoms with Gasteiger partial charge in [0.05, 0.1) is 13.7 Å². The van der Waals surface area contributed by atoms with E-state index in [1.807, 2.05) is 24.3 Å². The number of amides is 2. The first-order valence-corrected chi connectivity index (χ1v) is 7.89. The molecule has 1 aromatic carbocycles. The van der Waals surface area contributed by atoms with Gasteiger partial charge in [-0.15, -0.1) is 5.10 Å². The van der Waals surface area contributed by atoms with E-state index >= 15 is 0 Å². The average Bonchev–Trinajstić information content (AvgIpc) is 2.63. The van der Waals surface area contributed by atoms with Gasteiger partial charge in [-0.3, -0.25) is 0 Å². The van der Waals surface area contributed by atoms with Crippen LogP contribution < -0.4 is 14.8 Å². The zero-order chi connectivity index (χ0) is 16.8. The van der Waals surface area contributed by atoms with Gasteiger partial charge in [0, 0.05) is 24.5 Å². The minimum atomic E-state index is -0.132. The second-order valence-electron chi connectivity index (χ2n) is 5.55. The van der Waals surface area contributed by atoms with Crippen molar-refractivity contribution in [3.05, 3.63) is 42.6 Å². The normalized spacial score (nSPS) is 17.2. The summed E-state index contributed by atoms with van der Waals surface area (Å²) in [6, 6.07) is 10.7. The summed E-state index contributed by atoms with van der Waals surface area (Å²) in [7, 11) is 1.61. The third-order valence-electron chi connectivity index (χ3n) is 3.84. The van der Waals surface area contributed by atoms with E-state index in [2.05, 4.69) is 15.5 Å². The first-order valence-electron chi connectivity index (χ1n) is 7.89. The van der Waals surface area contributed by atoms with Crippen molar-refractivity contribution in [3.63, 3.8) is 0 Å². The van der Waals surface area contributed by atoms with Gasteiger partial charge in [-0.05, 0) is 43.2 Å². The van der Waals surface area contributed by atoms with Crippen LogP contribution in [0.25, 0.3) is 0 Å². The van der Waals surface area contributed by atoms with Gasteiger partial charge in [0.2, 0.25) is 5.88 Å². The molecule has 2 heterocycles. The van der Waals surface area contributed by atoms with Crippen LogP contribution in [-0.2, 0) is 0 Å². The molecule has 1 N–H and O–H groups in total. The predicted octanol–water partition coefficient (Wildman–Crippen LogP) is 2.56. The molecule has 7 nitrogen and oxygen atoms in total. The number of aromatic nitrogens is 2. The highest BCUT2D eigenvalue weighted by Crippen LogP contribution is 2.19. The van der Waals surface area contributed by atoms with Gasteiger partial charge in [-0.2, -0.15) is 5.10 Å². The molecule has 0 bridgehead atoms. The molecular weight excluding hydrogens is 308 g/mol. The Labute approximate surface area is 140 Å². The Morgan fingerprint density at radius 2 is 2.12 bits per heavy atom. The molecule has 7 heteroatoms. The number of hydrogen-bond acceptors (Lipinski definition) is 5. The summed E-state index contributed by atoms with van der Waals surface area (Å²) in [6.45, 7) is 1.24. The quantitative estimate of drug-likeness (QED) is 0.933. The van der Waals surface area contributed by atoms with E-state index in [9.17, 15) is 4.79 Å². The molecule has 126 valence electrons. The number of hydrogen-bond donors (Lipinski definition) is 1. The number of anilines is 1. The third-order valence-corrected chi connectivity index (χ3v) is 3.84. The van der Waals surface area contributed by atoms with E-state index in [4.69, 9.17) is 9.47 Å². The van der Waals surface area contributed by atoms with Crippen LogP contribution in [0.15, 0.2) is 42.6 Å². The van der Waals surface area contributed by atoms with E-state index in [0.717, 1.165) is 24.3 Å². The second-order valence-corrected chi connectivity index (χ2v) is 5.55. The summed E-state index contributed by atoms with van der Waals surface area (Å²) in [6.07, 6.45) is 3.31. The summed E-state index contributed by atoms with van der Waals surface area (Å²) < 4.78 is 10.9. The smallest absolute Gasteiger partial charge is 0.321 e. The van der Waals surface area contributed by atoms with Gasteiger partial charge in [0.15, 0.2) is 0 Å².